The summed E-state index contributed by atoms with van der Waals surface area (Å²) in [5.41, 5.74) is 0. The maximum atomic E-state index is 8.78. The first-order chi connectivity index (χ1) is 5.13. The van der Waals surface area contributed by atoms with Crippen LogP contribution in [0.15, 0.2) is 0 Å². The van der Waals surface area contributed by atoms with Crippen molar-refractivity contribution in [2.75, 3.05) is 33.2 Å². The molecule has 2 N–H and O–H groups in total. The number of carboxylic acid groups (broad SMARTS) is 1. The predicted molar refractivity (Wildman–Crippen MR) is 44.1 cm³/mol. The molecule has 0 bridgehead atoms. The van der Waals surface area contributed by atoms with Gasteiger partial charge in [0.1, 0.15) is 0 Å². The van der Waals surface area contributed by atoms with Crippen molar-refractivity contribution >= 4 is 13.7 Å². The molecule has 0 aromatic heterocycles. The lowest BCUT2D eigenvalue weighted by molar-refractivity contribution is 0.220. The van der Waals surface area contributed by atoms with E-state index in [0.717, 1.165) is 13.1 Å². The summed E-state index contributed by atoms with van der Waals surface area (Å²) in [6.07, 6.45) is 0. The van der Waals surface area contributed by atoms with E-state index in [9.17, 15) is 0 Å². The van der Waals surface area contributed by atoms with Gasteiger partial charge >= 0.3 is 0 Å². The van der Waals surface area contributed by atoms with Crippen LogP contribution in [0.1, 0.15) is 0 Å². The van der Waals surface area contributed by atoms with Gasteiger partial charge in [-0.25, -0.2) is 0 Å². The molecule has 0 unspecified atom stereocenters. The van der Waals surface area contributed by atoms with Crippen molar-refractivity contribution in [3.05, 3.63) is 0 Å². The van der Waals surface area contributed by atoms with Gasteiger partial charge in [-0.2, -0.15) is 0 Å². The largest absolute Gasteiger partial charge is 0.490 e. The van der Waals surface area contributed by atoms with Gasteiger partial charge in [-0.1, -0.05) is 0 Å². The number of nitrogens with one attached hydrogen (secondary N) is 1. The Kier molecular flexibility index (Phi) is 5.88. The minimum atomic E-state index is -1.33. The van der Waals surface area contributed by atoms with Crippen molar-refractivity contribution in [3.8, 4) is 0 Å². The summed E-state index contributed by atoms with van der Waals surface area (Å²) in [4.78, 5) is 11.1. The van der Waals surface area contributed by atoms with Crippen LogP contribution in [0.4, 0.5) is 4.79 Å². The third-order valence-corrected chi connectivity index (χ3v) is 1.34. The smallest absolute Gasteiger partial charge is 0.233 e. The standard InChI is InChI=1S/C5H12N2.CHBO2/c1-7-4-2-6-3-5-7;2-1(3)4/h6H,2-5H2,1H3;(H,3,4). The Labute approximate surface area is 68.0 Å². The molecule has 1 aliphatic rings. The van der Waals surface area contributed by atoms with Gasteiger partial charge in [0.2, 0.25) is 13.7 Å². The summed E-state index contributed by atoms with van der Waals surface area (Å²) in [5, 5.41) is 10.5. The lowest BCUT2D eigenvalue weighted by Crippen LogP contribution is -2.40. The Morgan fingerprint density at radius 3 is 2.09 bits per heavy atom. The van der Waals surface area contributed by atoms with Gasteiger partial charge in [0.05, 0.1) is 0 Å². The highest BCUT2D eigenvalue weighted by atomic mass is 16.4. The topological polar surface area (TPSA) is 52.6 Å². The molecule has 1 saturated heterocycles. The predicted octanol–water partition coefficient (Wildman–Crippen LogP) is -0.646. The number of carbonyl (C=O) groups is 1. The monoisotopic (exact) mass is 156 g/mol. The Morgan fingerprint density at radius 1 is 1.55 bits per heavy atom. The van der Waals surface area contributed by atoms with Crippen LogP contribution in [-0.4, -0.2) is 56.9 Å². The van der Waals surface area contributed by atoms with Crippen LogP contribution in [0, 0.1) is 0 Å². The van der Waals surface area contributed by atoms with Gasteiger partial charge in [-0.15, -0.1) is 0 Å². The van der Waals surface area contributed by atoms with E-state index in [1.54, 1.807) is 0 Å². The van der Waals surface area contributed by atoms with Gasteiger partial charge in [-0.3, -0.25) is 4.79 Å². The third kappa shape index (κ3) is 9.45. The molecular formula is C6H13BN2O2. The van der Waals surface area contributed by atoms with E-state index in [1.165, 1.54) is 13.1 Å². The Balaban J connectivity index is 0.000000218. The SMILES string of the molecule is CN1CCNCC1.[B]C(=O)O. The van der Waals surface area contributed by atoms with E-state index in [-0.39, 0.29) is 0 Å². The van der Waals surface area contributed by atoms with Crippen LogP contribution in [-0.2, 0) is 0 Å². The van der Waals surface area contributed by atoms with Gasteiger partial charge < -0.3 is 15.3 Å². The fourth-order valence-electron chi connectivity index (χ4n) is 0.777. The molecule has 4 nitrogen and oxygen atoms in total. The number of rotatable bonds is 0. The first kappa shape index (κ1) is 10.5. The van der Waals surface area contributed by atoms with E-state index >= 15 is 0 Å². The Hall–Kier alpha value is -0.545. The highest BCUT2D eigenvalue weighted by Gasteiger charge is 2.01. The van der Waals surface area contributed by atoms with Gasteiger partial charge in [-0.05, 0) is 7.05 Å². The average Bonchev–Trinajstić information content (AvgIpc) is 1.87. The summed E-state index contributed by atoms with van der Waals surface area (Å²) in [6, 6.07) is 0. The molecule has 0 atom stereocenters. The second-order valence-electron chi connectivity index (χ2n) is 2.39. The normalized spacial score (nSPS) is 18.3. The van der Waals surface area contributed by atoms with Crippen molar-refractivity contribution in [2.24, 2.45) is 0 Å². The molecule has 0 aromatic carbocycles. The summed E-state index contributed by atoms with van der Waals surface area (Å²) in [7, 11) is 6.18. The van der Waals surface area contributed by atoms with Crippen molar-refractivity contribution in [1.82, 2.24) is 10.2 Å². The molecule has 1 heterocycles. The number of nitrogens with zero attached hydrogens (tertiary/aromatic N) is 1. The Bertz CT molecular complexity index is 111. The maximum absolute atomic E-state index is 8.78. The second-order valence-corrected chi connectivity index (χ2v) is 2.39. The minimum absolute atomic E-state index is 1.16. The van der Waals surface area contributed by atoms with E-state index in [4.69, 9.17) is 9.90 Å². The van der Waals surface area contributed by atoms with Crippen LogP contribution in [0.3, 0.4) is 0 Å². The van der Waals surface area contributed by atoms with Gasteiger partial charge in [0.15, 0.2) is 0 Å². The Morgan fingerprint density at radius 2 is 1.91 bits per heavy atom. The quantitative estimate of drug-likeness (QED) is 0.458. The molecule has 11 heavy (non-hydrogen) atoms. The van der Waals surface area contributed by atoms with Crippen molar-refractivity contribution in [3.63, 3.8) is 0 Å². The second kappa shape index (κ2) is 6.18. The van der Waals surface area contributed by atoms with Crippen molar-refractivity contribution < 1.29 is 9.90 Å². The number of hydrogen-bond donors (Lipinski definition) is 2. The zero-order chi connectivity index (χ0) is 8.69. The minimum Gasteiger partial charge on any atom is -0.490 e. The highest BCUT2D eigenvalue weighted by Crippen LogP contribution is 1.82. The number of piperazine rings is 1. The molecule has 0 aromatic rings. The molecule has 1 rings (SSSR count). The molecule has 0 amide bonds. The molecule has 0 spiro atoms. The molecule has 2 radical (unpaired) electrons. The lowest BCUT2D eigenvalue weighted by atomic mass is 10.2. The number of likely N-dealkylation sites (N-methyl/N-ethyl adjacent to an activating group) is 1. The third-order valence-electron chi connectivity index (χ3n) is 1.34. The van der Waals surface area contributed by atoms with E-state index in [1.807, 2.05) is 0 Å². The molecule has 62 valence electrons. The van der Waals surface area contributed by atoms with Crippen LogP contribution in [0.25, 0.3) is 0 Å². The first-order valence-electron chi connectivity index (χ1n) is 3.50. The number of hydrogen-bond acceptors (Lipinski definition) is 3. The van der Waals surface area contributed by atoms with Crippen LogP contribution in [0.2, 0.25) is 0 Å². The first-order valence-corrected chi connectivity index (χ1v) is 3.50. The van der Waals surface area contributed by atoms with Crippen LogP contribution < -0.4 is 5.32 Å². The molecule has 1 aliphatic heterocycles. The van der Waals surface area contributed by atoms with Crippen LogP contribution >= 0.6 is 0 Å². The fraction of sp³-hybridized carbons (Fsp3) is 0.833. The molecule has 5 heteroatoms. The molecule has 0 saturated carbocycles. The van der Waals surface area contributed by atoms with Gasteiger partial charge in [0, 0.05) is 26.2 Å². The van der Waals surface area contributed by atoms with Crippen molar-refractivity contribution in [2.45, 2.75) is 0 Å². The summed E-state index contributed by atoms with van der Waals surface area (Å²) in [5.74, 6) is -1.33. The zero-order valence-corrected chi connectivity index (χ0v) is 6.71. The summed E-state index contributed by atoms with van der Waals surface area (Å²) in [6.45, 7) is 4.74. The van der Waals surface area contributed by atoms with Crippen LogP contribution in [0.5, 0.6) is 0 Å². The lowest BCUT2D eigenvalue weighted by Gasteiger charge is -2.21. The highest BCUT2D eigenvalue weighted by molar-refractivity contribution is 6.54. The summed E-state index contributed by atoms with van der Waals surface area (Å²) >= 11 is 0. The fourth-order valence-corrected chi connectivity index (χ4v) is 0.777. The zero-order valence-electron chi connectivity index (χ0n) is 6.71. The average molecular weight is 156 g/mol. The molecule has 1 fully saturated rings. The van der Waals surface area contributed by atoms with E-state index in [2.05, 4.69) is 25.1 Å². The van der Waals surface area contributed by atoms with Gasteiger partial charge in [0.25, 0.3) is 0 Å². The molecular weight excluding hydrogens is 143 g/mol. The molecule has 0 aliphatic carbocycles. The van der Waals surface area contributed by atoms with Crippen molar-refractivity contribution in [1.29, 1.82) is 0 Å². The maximum Gasteiger partial charge on any atom is 0.233 e. The van der Waals surface area contributed by atoms with E-state index in [0.29, 0.717) is 0 Å². The summed E-state index contributed by atoms with van der Waals surface area (Å²) < 4.78 is 0. The van der Waals surface area contributed by atoms with E-state index < -0.39 is 5.87 Å².